The molecule has 0 aliphatic carbocycles. The van der Waals surface area contributed by atoms with Gasteiger partial charge in [-0.1, -0.05) is 36.4 Å². The normalized spacial score (nSPS) is 11.8. The van der Waals surface area contributed by atoms with E-state index in [2.05, 4.69) is 19.4 Å². The molecule has 2 aromatic carbocycles. The molecule has 0 aliphatic heterocycles. The van der Waals surface area contributed by atoms with Crippen LogP contribution in [0.5, 0.6) is 0 Å². The molecule has 1 heterocycles. The number of amides is 2. The number of benzene rings is 2. The number of aliphatic hydroxyl groups is 2. The van der Waals surface area contributed by atoms with E-state index in [9.17, 15) is 48.9 Å². The first kappa shape index (κ1) is 32.4. The average Bonchev–Trinajstić information content (AvgIpc) is 3.02. The third kappa shape index (κ3) is 8.02. The molecule has 0 bridgehead atoms. The number of hydrogen-bond acceptors (Lipinski definition) is 14. The molecule has 7 N–H and O–H groups in total. The molecule has 0 saturated carbocycles. The number of anilines is 1. The number of carboxylic acids is 1. The van der Waals surface area contributed by atoms with E-state index in [0.29, 0.717) is 0 Å². The predicted octanol–water partition coefficient (Wildman–Crippen LogP) is -1.29. The van der Waals surface area contributed by atoms with E-state index in [0.717, 1.165) is 0 Å². The lowest BCUT2D eigenvalue weighted by Gasteiger charge is -2.17. The van der Waals surface area contributed by atoms with Crippen molar-refractivity contribution in [1.29, 1.82) is 0 Å². The highest BCUT2D eigenvalue weighted by atomic mass is 16.6. The molecule has 17 nitrogen and oxygen atoms in total. The molecule has 228 valence electrons. The number of aliphatic hydroxyl groups excluding tert-OH is 2. The van der Waals surface area contributed by atoms with Gasteiger partial charge in [-0.2, -0.15) is 0 Å². The van der Waals surface area contributed by atoms with Gasteiger partial charge in [0.05, 0.1) is 24.3 Å². The number of esters is 4. The highest BCUT2D eigenvalue weighted by Crippen LogP contribution is 2.13. The van der Waals surface area contributed by atoms with Gasteiger partial charge in [0.25, 0.3) is 11.8 Å². The van der Waals surface area contributed by atoms with Crippen LogP contribution in [0.15, 0.2) is 60.7 Å². The van der Waals surface area contributed by atoms with Crippen LogP contribution < -0.4 is 16.4 Å². The van der Waals surface area contributed by atoms with Crippen LogP contribution in [-0.2, 0) is 19.1 Å². The summed E-state index contributed by atoms with van der Waals surface area (Å²) in [4.78, 5) is 93.5. The van der Waals surface area contributed by atoms with Crippen molar-refractivity contribution in [3.8, 4) is 0 Å². The Bertz CT molecular complexity index is 1600. The monoisotopic (exact) mass is 609 g/mol. The molecule has 3 rings (SSSR count). The number of nitrogens with two attached hydrogens (primary N) is 1. The maximum absolute atomic E-state index is 12.8. The molecule has 17 heteroatoms. The lowest BCUT2D eigenvalue weighted by Crippen LogP contribution is -2.46. The van der Waals surface area contributed by atoms with Gasteiger partial charge in [0.15, 0.2) is 35.0 Å². The van der Waals surface area contributed by atoms with Crippen molar-refractivity contribution >= 4 is 47.5 Å². The molecule has 0 radical (unpaired) electrons. The van der Waals surface area contributed by atoms with Crippen molar-refractivity contribution < 1.29 is 58.4 Å². The van der Waals surface area contributed by atoms with Crippen molar-refractivity contribution in [2.24, 2.45) is 0 Å². The van der Waals surface area contributed by atoms with Crippen LogP contribution in [0.3, 0.4) is 0 Å². The SMILES string of the molecule is Nc1nc(C(=O)N[C@H](CO)C(=O)OC(=O)c2ccccc2)c(C(=O)O)nc1C(=O)N[C@H](CO)C(=O)OC(=O)c1ccccc1. The number of nitrogen functional groups attached to an aromatic ring is 1. The lowest BCUT2D eigenvalue weighted by molar-refractivity contribution is -0.142. The van der Waals surface area contributed by atoms with Crippen molar-refractivity contribution in [1.82, 2.24) is 20.6 Å². The van der Waals surface area contributed by atoms with Gasteiger partial charge in [0.1, 0.15) is 0 Å². The minimum atomic E-state index is -1.88. The van der Waals surface area contributed by atoms with Crippen LogP contribution in [-0.4, -0.2) is 92.2 Å². The molecule has 44 heavy (non-hydrogen) atoms. The average molecular weight is 610 g/mol. The first-order chi connectivity index (χ1) is 21.0. The lowest BCUT2D eigenvalue weighted by atomic mass is 10.2. The Morgan fingerprint density at radius 3 is 1.45 bits per heavy atom. The molecular formula is C27H23N5O12. The number of aromatic nitrogens is 2. The number of carboxylic acid groups (broad SMARTS) is 1. The van der Waals surface area contributed by atoms with Gasteiger partial charge in [-0.15, -0.1) is 0 Å². The zero-order valence-corrected chi connectivity index (χ0v) is 22.3. The van der Waals surface area contributed by atoms with Crippen LogP contribution in [0.2, 0.25) is 0 Å². The summed E-state index contributed by atoms with van der Waals surface area (Å²) in [6.45, 7) is -2.14. The number of carbonyl (C=O) groups is 7. The van der Waals surface area contributed by atoms with Crippen LogP contribution in [0.25, 0.3) is 0 Å². The largest absolute Gasteiger partial charge is 0.476 e. The Kier molecular flexibility index (Phi) is 10.8. The fraction of sp³-hybridized carbons (Fsp3) is 0.148. The number of aromatic carboxylic acids is 1. The van der Waals surface area contributed by atoms with Gasteiger partial charge in [-0.05, 0) is 24.3 Å². The van der Waals surface area contributed by atoms with Gasteiger partial charge in [0, 0.05) is 0 Å². The summed E-state index contributed by atoms with van der Waals surface area (Å²) in [5.41, 5.74) is 2.65. The Balaban J connectivity index is 1.75. The fourth-order valence-corrected chi connectivity index (χ4v) is 3.33. The molecule has 2 amide bonds. The number of rotatable bonds is 11. The summed E-state index contributed by atoms with van der Waals surface area (Å²) < 4.78 is 9.27. The van der Waals surface area contributed by atoms with Gasteiger partial charge >= 0.3 is 29.8 Å². The highest BCUT2D eigenvalue weighted by molar-refractivity contribution is 6.07. The third-order valence-corrected chi connectivity index (χ3v) is 5.51. The van der Waals surface area contributed by atoms with Gasteiger partial charge in [0.2, 0.25) is 0 Å². The zero-order chi connectivity index (χ0) is 32.4. The maximum Gasteiger partial charge on any atom is 0.357 e. The van der Waals surface area contributed by atoms with E-state index in [1.807, 2.05) is 10.6 Å². The van der Waals surface area contributed by atoms with Gasteiger partial charge in [-0.25, -0.2) is 33.9 Å². The number of carbonyl (C=O) groups excluding carboxylic acids is 6. The maximum atomic E-state index is 12.8. The van der Waals surface area contributed by atoms with E-state index >= 15 is 0 Å². The number of hydrogen-bond donors (Lipinski definition) is 6. The number of nitrogens with zero attached hydrogens (tertiary/aromatic N) is 2. The molecule has 3 aromatic rings. The number of nitrogens with one attached hydrogen (secondary N) is 2. The Hall–Kier alpha value is -6.07. The first-order valence-corrected chi connectivity index (χ1v) is 12.3. The minimum Gasteiger partial charge on any atom is -0.476 e. The second-order valence-electron chi connectivity index (χ2n) is 8.53. The standard InChI is InChI=1S/C27H23N5O12/c28-20-19(22(36)30-16(12-34)27(42)44-25(40)14-9-5-2-6-10-14)31-18(23(37)38)17(32-20)21(35)29-15(11-33)26(41)43-24(39)13-7-3-1-4-8-13/h1-10,15-16,33-34H,11-12H2,(H2,28,32)(H,29,35)(H,30,36)(H,37,38)/t15-,16-/m1/s1. The highest BCUT2D eigenvalue weighted by Gasteiger charge is 2.32. The zero-order valence-electron chi connectivity index (χ0n) is 22.3. The molecule has 0 aliphatic rings. The van der Waals surface area contributed by atoms with Crippen LogP contribution in [0, 0.1) is 0 Å². The summed E-state index contributed by atoms with van der Waals surface area (Å²) >= 11 is 0. The second kappa shape index (κ2) is 14.7. The van der Waals surface area contributed by atoms with Crippen LogP contribution in [0.4, 0.5) is 5.82 Å². The van der Waals surface area contributed by atoms with E-state index < -0.39 is 89.9 Å². The third-order valence-electron chi connectivity index (χ3n) is 5.51. The molecule has 0 unspecified atom stereocenters. The summed E-state index contributed by atoms with van der Waals surface area (Å²) in [5, 5.41) is 32.6. The van der Waals surface area contributed by atoms with Crippen molar-refractivity contribution in [3.63, 3.8) is 0 Å². The Morgan fingerprint density at radius 1 is 0.659 bits per heavy atom. The van der Waals surface area contributed by atoms with E-state index in [4.69, 9.17) is 5.73 Å². The predicted molar refractivity (Wildman–Crippen MR) is 144 cm³/mol. The van der Waals surface area contributed by atoms with Gasteiger partial charge < -0.3 is 41.2 Å². The van der Waals surface area contributed by atoms with Crippen LogP contribution >= 0.6 is 0 Å². The topological polar surface area (TPSA) is 274 Å². The number of ether oxygens (including phenoxy) is 2. The Morgan fingerprint density at radius 2 is 1.07 bits per heavy atom. The van der Waals surface area contributed by atoms with E-state index in [1.165, 1.54) is 48.5 Å². The molecular weight excluding hydrogens is 586 g/mol. The molecule has 2 atom stereocenters. The molecule has 1 aromatic heterocycles. The second-order valence-corrected chi connectivity index (χ2v) is 8.53. The van der Waals surface area contributed by atoms with E-state index in [-0.39, 0.29) is 11.1 Å². The summed E-state index contributed by atoms with van der Waals surface area (Å²) in [6.07, 6.45) is 0. The smallest absolute Gasteiger partial charge is 0.357 e. The molecule has 0 spiro atoms. The quantitative estimate of drug-likeness (QED) is 0.109. The first-order valence-electron chi connectivity index (χ1n) is 12.3. The Labute approximate surface area is 246 Å². The van der Waals surface area contributed by atoms with Crippen LogP contribution in [0.1, 0.15) is 52.2 Å². The fourth-order valence-electron chi connectivity index (χ4n) is 3.33. The minimum absolute atomic E-state index is 0.00145. The summed E-state index contributed by atoms with van der Waals surface area (Å²) in [7, 11) is 0. The molecule has 0 saturated heterocycles. The summed E-state index contributed by atoms with van der Waals surface area (Å²) in [6, 6.07) is 10.9. The van der Waals surface area contributed by atoms with Crippen molar-refractivity contribution in [3.05, 3.63) is 88.9 Å². The summed E-state index contributed by atoms with van der Waals surface area (Å²) in [5.74, 6) is -10.4. The van der Waals surface area contributed by atoms with E-state index in [1.54, 1.807) is 12.1 Å². The van der Waals surface area contributed by atoms with Gasteiger partial charge in [-0.3, -0.25) is 9.59 Å². The van der Waals surface area contributed by atoms with Crippen molar-refractivity contribution in [2.75, 3.05) is 18.9 Å². The van der Waals surface area contributed by atoms with Crippen molar-refractivity contribution in [2.45, 2.75) is 12.1 Å². The molecule has 0 fully saturated rings.